The van der Waals surface area contributed by atoms with E-state index in [4.69, 9.17) is 4.98 Å². The number of nitrogens with zero attached hydrogens (tertiary/aromatic N) is 4. The van der Waals surface area contributed by atoms with Gasteiger partial charge in [0.25, 0.3) is 5.91 Å². The Bertz CT molecular complexity index is 1090. The average Bonchev–Trinajstić information content (AvgIpc) is 3.56. The summed E-state index contributed by atoms with van der Waals surface area (Å²) in [7, 11) is -3.21. The summed E-state index contributed by atoms with van der Waals surface area (Å²) in [6, 6.07) is 9.23. The molecule has 0 bridgehead atoms. The van der Waals surface area contributed by atoms with E-state index in [0.29, 0.717) is 43.2 Å². The van der Waals surface area contributed by atoms with Crippen LogP contribution >= 0.6 is 0 Å². The van der Waals surface area contributed by atoms with Gasteiger partial charge in [-0.3, -0.25) is 9.10 Å². The van der Waals surface area contributed by atoms with Crippen molar-refractivity contribution < 1.29 is 13.2 Å². The van der Waals surface area contributed by atoms with E-state index in [-0.39, 0.29) is 11.7 Å². The van der Waals surface area contributed by atoms with Crippen molar-refractivity contribution in [2.45, 2.75) is 32.1 Å². The van der Waals surface area contributed by atoms with E-state index >= 15 is 0 Å². The number of aromatic nitrogens is 1. The third-order valence-corrected chi connectivity index (χ3v) is 8.29. The zero-order chi connectivity index (χ0) is 21.6. The largest absolute Gasteiger partial charge is 0.353 e. The summed E-state index contributed by atoms with van der Waals surface area (Å²) < 4.78 is 25.6. The molecule has 2 aliphatic heterocycles. The first kappa shape index (κ1) is 20.3. The van der Waals surface area contributed by atoms with Gasteiger partial charge in [-0.05, 0) is 67.5 Å². The molecule has 2 saturated heterocycles. The van der Waals surface area contributed by atoms with E-state index in [1.54, 1.807) is 24.3 Å². The minimum Gasteiger partial charge on any atom is -0.353 e. The lowest BCUT2D eigenvalue weighted by Crippen LogP contribution is -2.49. The molecule has 2 aromatic rings. The van der Waals surface area contributed by atoms with Crippen LogP contribution in [0.25, 0.3) is 0 Å². The molecule has 1 amide bonds. The molecule has 1 saturated carbocycles. The Morgan fingerprint density at radius 2 is 1.74 bits per heavy atom. The average molecular weight is 441 g/mol. The predicted octanol–water partition coefficient (Wildman–Crippen LogP) is 2.77. The number of anilines is 2. The van der Waals surface area contributed by atoms with Crippen molar-refractivity contribution in [2.75, 3.05) is 47.7 Å². The summed E-state index contributed by atoms with van der Waals surface area (Å²) in [6.07, 6.45) is 5.06. The summed E-state index contributed by atoms with van der Waals surface area (Å²) in [6.45, 7) is 5.44. The summed E-state index contributed by atoms with van der Waals surface area (Å²) in [4.78, 5) is 21.9. The van der Waals surface area contributed by atoms with E-state index in [2.05, 4.69) is 17.9 Å². The SMILES string of the molecule is Cc1cnc(N2CCN(C(=O)c3ccc(N4CCCS4(=O)=O)cc3)CC2)c(C2CC2)c1. The van der Waals surface area contributed by atoms with Crippen LogP contribution in [0.3, 0.4) is 0 Å². The van der Waals surface area contributed by atoms with Gasteiger partial charge in [-0.1, -0.05) is 6.07 Å². The standard InChI is InChI=1S/C23H28N4O3S/c1-17-15-21(18-3-4-18)22(24-16-17)25-10-12-26(13-11-25)23(28)19-5-7-20(8-6-19)27-9-2-14-31(27,29)30/h5-8,15-16,18H,2-4,9-14H2,1H3. The first-order valence-electron chi connectivity index (χ1n) is 11.0. The molecule has 3 aliphatic rings. The number of hydrogen-bond acceptors (Lipinski definition) is 5. The van der Waals surface area contributed by atoms with E-state index < -0.39 is 10.0 Å². The van der Waals surface area contributed by atoms with Gasteiger partial charge in [0.05, 0.1) is 11.4 Å². The normalized spacial score (nSPS) is 20.9. The molecule has 8 heteroatoms. The van der Waals surface area contributed by atoms with Crippen LogP contribution in [0, 0.1) is 6.92 Å². The zero-order valence-corrected chi connectivity index (χ0v) is 18.6. The summed E-state index contributed by atoms with van der Waals surface area (Å²) in [5.74, 6) is 1.90. The summed E-state index contributed by atoms with van der Waals surface area (Å²) >= 11 is 0. The molecule has 0 N–H and O–H groups in total. The van der Waals surface area contributed by atoms with Gasteiger partial charge in [0.2, 0.25) is 10.0 Å². The Kier molecular flexibility index (Phi) is 5.12. The van der Waals surface area contributed by atoms with Gasteiger partial charge in [0, 0.05) is 44.5 Å². The molecule has 7 nitrogen and oxygen atoms in total. The van der Waals surface area contributed by atoms with Gasteiger partial charge in [0.15, 0.2) is 0 Å². The molecule has 164 valence electrons. The van der Waals surface area contributed by atoms with Gasteiger partial charge in [-0.15, -0.1) is 0 Å². The number of piperazine rings is 1. The maximum atomic E-state index is 13.0. The number of pyridine rings is 1. The molecule has 0 unspecified atom stereocenters. The third-order valence-electron chi connectivity index (χ3n) is 6.42. The van der Waals surface area contributed by atoms with Gasteiger partial charge < -0.3 is 9.80 Å². The van der Waals surface area contributed by atoms with E-state index in [1.807, 2.05) is 11.1 Å². The fraction of sp³-hybridized carbons (Fsp3) is 0.478. The highest BCUT2D eigenvalue weighted by Crippen LogP contribution is 2.44. The highest BCUT2D eigenvalue weighted by molar-refractivity contribution is 7.93. The minimum absolute atomic E-state index is 0.00485. The van der Waals surface area contributed by atoms with Crippen molar-refractivity contribution in [3.63, 3.8) is 0 Å². The molecule has 1 aromatic heterocycles. The number of carbonyl (C=O) groups is 1. The van der Waals surface area contributed by atoms with Gasteiger partial charge in [-0.2, -0.15) is 0 Å². The topological polar surface area (TPSA) is 73.8 Å². The Morgan fingerprint density at radius 3 is 2.35 bits per heavy atom. The molecule has 0 atom stereocenters. The zero-order valence-electron chi connectivity index (χ0n) is 17.8. The van der Waals surface area contributed by atoms with Crippen molar-refractivity contribution in [3.8, 4) is 0 Å². The first-order valence-corrected chi connectivity index (χ1v) is 12.6. The maximum Gasteiger partial charge on any atom is 0.253 e. The Morgan fingerprint density at radius 1 is 1.03 bits per heavy atom. The molecule has 1 aromatic carbocycles. The van der Waals surface area contributed by atoms with Gasteiger partial charge >= 0.3 is 0 Å². The maximum absolute atomic E-state index is 13.0. The monoisotopic (exact) mass is 440 g/mol. The number of hydrogen-bond donors (Lipinski definition) is 0. The molecule has 0 radical (unpaired) electrons. The molecule has 3 heterocycles. The molecule has 31 heavy (non-hydrogen) atoms. The van der Waals surface area contributed by atoms with Crippen molar-refractivity contribution in [2.24, 2.45) is 0 Å². The van der Waals surface area contributed by atoms with Crippen LogP contribution in [0.5, 0.6) is 0 Å². The number of amides is 1. The second-order valence-electron chi connectivity index (χ2n) is 8.77. The number of carbonyl (C=O) groups excluding carboxylic acids is 1. The quantitative estimate of drug-likeness (QED) is 0.731. The number of benzene rings is 1. The minimum atomic E-state index is -3.21. The fourth-order valence-electron chi connectivity index (χ4n) is 4.55. The van der Waals surface area contributed by atoms with E-state index in [0.717, 1.165) is 18.9 Å². The summed E-state index contributed by atoms with van der Waals surface area (Å²) in [5.41, 5.74) is 3.79. The molecule has 0 spiro atoms. The highest BCUT2D eigenvalue weighted by atomic mass is 32.2. The lowest BCUT2D eigenvalue weighted by atomic mass is 10.1. The van der Waals surface area contributed by atoms with Crippen LogP contribution in [-0.4, -0.2) is 62.7 Å². The highest BCUT2D eigenvalue weighted by Gasteiger charge is 2.31. The van der Waals surface area contributed by atoms with Crippen molar-refractivity contribution >= 4 is 27.4 Å². The molecular weight excluding hydrogens is 412 g/mol. The smallest absolute Gasteiger partial charge is 0.253 e. The van der Waals surface area contributed by atoms with Crippen LogP contribution in [0.15, 0.2) is 36.5 Å². The van der Waals surface area contributed by atoms with Gasteiger partial charge in [-0.25, -0.2) is 13.4 Å². The van der Waals surface area contributed by atoms with Gasteiger partial charge in [0.1, 0.15) is 5.82 Å². The molecular formula is C23H28N4O3S. The van der Waals surface area contributed by atoms with Crippen LogP contribution in [-0.2, 0) is 10.0 Å². The van der Waals surface area contributed by atoms with E-state index in [1.165, 1.54) is 28.3 Å². The predicted molar refractivity (Wildman–Crippen MR) is 121 cm³/mol. The van der Waals surface area contributed by atoms with Crippen molar-refractivity contribution in [1.29, 1.82) is 0 Å². The van der Waals surface area contributed by atoms with Crippen molar-refractivity contribution in [1.82, 2.24) is 9.88 Å². The Balaban J connectivity index is 1.24. The first-order chi connectivity index (χ1) is 14.9. The fourth-order valence-corrected chi connectivity index (χ4v) is 6.11. The molecule has 5 rings (SSSR count). The van der Waals surface area contributed by atoms with Crippen LogP contribution in [0.4, 0.5) is 11.5 Å². The third kappa shape index (κ3) is 4.01. The number of rotatable bonds is 4. The van der Waals surface area contributed by atoms with Crippen molar-refractivity contribution in [3.05, 3.63) is 53.2 Å². The second kappa shape index (κ2) is 7.82. The van der Waals surface area contributed by atoms with Crippen LogP contribution in [0.2, 0.25) is 0 Å². The number of aryl methyl sites for hydroxylation is 1. The number of sulfonamides is 1. The summed E-state index contributed by atoms with van der Waals surface area (Å²) in [5, 5.41) is 0. The molecule has 1 aliphatic carbocycles. The van der Waals surface area contributed by atoms with Crippen LogP contribution < -0.4 is 9.21 Å². The Hall–Kier alpha value is -2.61. The second-order valence-corrected chi connectivity index (χ2v) is 10.8. The van der Waals surface area contributed by atoms with Crippen LogP contribution in [0.1, 0.15) is 46.7 Å². The Labute approximate surface area is 183 Å². The molecule has 3 fully saturated rings. The lowest BCUT2D eigenvalue weighted by molar-refractivity contribution is 0.0746. The lowest BCUT2D eigenvalue weighted by Gasteiger charge is -2.36. The van der Waals surface area contributed by atoms with E-state index in [9.17, 15) is 13.2 Å².